The van der Waals surface area contributed by atoms with Crippen LogP contribution in [0.1, 0.15) is 59.3 Å². The first-order chi connectivity index (χ1) is 7.41. The molecule has 2 saturated carbocycles. The minimum Gasteiger partial charge on any atom is -0.368 e. The van der Waals surface area contributed by atoms with E-state index < -0.39 is 6.29 Å². The third kappa shape index (κ3) is 1.06. The van der Waals surface area contributed by atoms with E-state index in [9.17, 15) is 5.11 Å². The molecular weight excluding hydrogens is 200 g/mol. The van der Waals surface area contributed by atoms with Gasteiger partial charge in [-0.3, -0.25) is 0 Å². The molecule has 2 bridgehead atoms. The van der Waals surface area contributed by atoms with E-state index in [0.717, 1.165) is 25.2 Å². The normalized spacial score (nSPS) is 54.8. The van der Waals surface area contributed by atoms with E-state index in [1.165, 1.54) is 19.3 Å². The third-order valence-electron chi connectivity index (χ3n) is 6.41. The SMILES string of the molecule is CC1(C)[C@@H]2CC[C@@]1(C)[C@@]1(CCCC(O)O1)C2. The average molecular weight is 224 g/mol. The summed E-state index contributed by atoms with van der Waals surface area (Å²) in [6.07, 6.45) is 6.39. The van der Waals surface area contributed by atoms with E-state index in [2.05, 4.69) is 20.8 Å². The number of aliphatic hydroxyl groups is 1. The van der Waals surface area contributed by atoms with Gasteiger partial charge in [-0.15, -0.1) is 0 Å². The van der Waals surface area contributed by atoms with Crippen molar-refractivity contribution in [1.29, 1.82) is 0 Å². The van der Waals surface area contributed by atoms with Crippen molar-refractivity contribution in [3.05, 3.63) is 0 Å². The first-order valence-corrected chi connectivity index (χ1v) is 6.77. The lowest BCUT2D eigenvalue weighted by Gasteiger charge is -2.51. The number of fused-ring (bicyclic) bond motifs is 3. The third-order valence-corrected chi connectivity index (χ3v) is 6.41. The van der Waals surface area contributed by atoms with Gasteiger partial charge in [0.05, 0.1) is 5.60 Å². The van der Waals surface area contributed by atoms with Crippen LogP contribution in [0.4, 0.5) is 0 Å². The van der Waals surface area contributed by atoms with Gasteiger partial charge in [0, 0.05) is 5.41 Å². The number of ether oxygens (including phenoxy) is 1. The first-order valence-electron chi connectivity index (χ1n) is 6.77. The molecule has 3 fully saturated rings. The van der Waals surface area contributed by atoms with Crippen LogP contribution in [0.2, 0.25) is 0 Å². The van der Waals surface area contributed by atoms with Crippen molar-refractivity contribution in [3.63, 3.8) is 0 Å². The molecule has 1 spiro atoms. The number of aliphatic hydroxyl groups excluding tert-OH is 1. The maximum atomic E-state index is 9.83. The summed E-state index contributed by atoms with van der Waals surface area (Å²) in [6, 6.07) is 0. The van der Waals surface area contributed by atoms with Gasteiger partial charge in [0.15, 0.2) is 6.29 Å². The van der Waals surface area contributed by atoms with Crippen LogP contribution in [0.5, 0.6) is 0 Å². The number of rotatable bonds is 0. The zero-order valence-corrected chi connectivity index (χ0v) is 10.8. The summed E-state index contributed by atoms with van der Waals surface area (Å²) in [5.74, 6) is 0.794. The van der Waals surface area contributed by atoms with Gasteiger partial charge in [-0.2, -0.15) is 0 Å². The Balaban J connectivity index is 1.99. The minimum atomic E-state index is -0.513. The minimum absolute atomic E-state index is 0.0168. The van der Waals surface area contributed by atoms with E-state index in [1.807, 2.05) is 0 Å². The fourth-order valence-corrected chi connectivity index (χ4v) is 4.89. The van der Waals surface area contributed by atoms with Gasteiger partial charge in [-0.25, -0.2) is 0 Å². The van der Waals surface area contributed by atoms with Crippen LogP contribution in [0.15, 0.2) is 0 Å². The lowest BCUT2D eigenvalue weighted by atomic mass is 9.62. The van der Waals surface area contributed by atoms with E-state index in [0.29, 0.717) is 5.41 Å². The molecule has 1 heterocycles. The lowest BCUT2D eigenvalue weighted by Crippen LogP contribution is -2.53. The molecule has 2 heteroatoms. The molecule has 1 N–H and O–H groups in total. The Morgan fingerprint density at radius 1 is 1.12 bits per heavy atom. The smallest absolute Gasteiger partial charge is 0.155 e. The molecule has 92 valence electrons. The molecule has 1 unspecified atom stereocenters. The summed E-state index contributed by atoms with van der Waals surface area (Å²) in [5, 5.41) is 9.83. The van der Waals surface area contributed by atoms with E-state index >= 15 is 0 Å². The van der Waals surface area contributed by atoms with Gasteiger partial charge in [0.2, 0.25) is 0 Å². The Hall–Kier alpha value is -0.0800. The van der Waals surface area contributed by atoms with Crippen LogP contribution in [0, 0.1) is 16.7 Å². The van der Waals surface area contributed by atoms with Crippen LogP contribution in [-0.4, -0.2) is 17.0 Å². The van der Waals surface area contributed by atoms with Crippen LogP contribution < -0.4 is 0 Å². The molecule has 1 aliphatic heterocycles. The summed E-state index contributed by atoms with van der Waals surface area (Å²) in [6.45, 7) is 7.21. The molecule has 2 aliphatic carbocycles. The number of hydrogen-bond donors (Lipinski definition) is 1. The maximum absolute atomic E-state index is 9.83. The fourth-order valence-electron chi connectivity index (χ4n) is 4.89. The lowest BCUT2D eigenvalue weighted by molar-refractivity contribution is -0.256. The highest BCUT2D eigenvalue weighted by atomic mass is 16.6. The van der Waals surface area contributed by atoms with Crippen molar-refractivity contribution >= 4 is 0 Å². The summed E-state index contributed by atoms with van der Waals surface area (Å²) in [4.78, 5) is 0. The Labute approximate surface area is 98.4 Å². The maximum Gasteiger partial charge on any atom is 0.155 e. The van der Waals surface area contributed by atoms with E-state index in [1.54, 1.807) is 0 Å². The summed E-state index contributed by atoms with van der Waals surface area (Å²) in [5.41, 5.74) is 0.632. The highest BCUT2D eigenvalue weighted by Crippen LogP contribution is 2.72. The van der Waals surface area contributed by atoms with E-state index in [-0.39, 0.29) is 11.0 Å². The van der Waals surface area contributed by atoms with Crippen molar-refractivity contribution in [2.24, 2.45) is 16.7 Å². The quantitative estimate of drug-likeness (QED) is 0.685. The zero-order chi connectivity index (χ0) is 11.6. The highest BCUT2D eigenvalue weighted by molar-refractivity contribution is 5.19. The van der Waals surface area contributed by atoms with Gasteiger partial charge in [0.1, 0.15) is 0 Å². The molecule has 3 aliphatic rings. The zero-order valence-electron chi connectivity index (χ0n) is 10.8. The van der Waals surface area contributed by atoms with Crippen molar-refractivity contribution in [3.8, 4) is 0 Å². The molecule has 0 aromatic heterocycles. The molecule has 3 rings (SSSR count). The van der Waals surface area contributed by atoms with Crippen molar-refractivity contribution in [1.82, 2.24) is 0 Å². The van der Waals surface area contributed by atoms with Crippen LogP contribution >= 0.6 is 0 Å². The van der Waals surface area contributed by atoms with Crippen LogP contribution in [-0.2, 0) is 4.74 Å². The van der Waals surface area contributed by atoms with Crippen LogP contribution in [0.3, 0.4) is 0 Å². The topological polar surface area (TPSA) is 29.5 Å². The van der Waals surface area contributed by atoms with Crippen molar-refractivity contribution in [2.75, 3.05) is 0 Å². The summed E-state index contributed by atoms with van der Waals surface area (Å²) >= 11 is 0. The molecule has 1 saturated heterocycles. The molecule has 2 nitrogen and oxygen atoms in total. The van der Waals surface area contributed by atoms with Crippen molar-refractivity contribution in [2.45, 2.75) is 71.2 Å². The molecular formula is C14H24O2. The predicted octanol–water partition coefficient (Wildman–Crippen LogP) is 3.09. The second kappa shape index (κ2) is 3.02. The summed E-state index contributed by atoms with van der Waals surface area (Å²) in [7, 11) is 0. The molecule has 4 atom stereocenters. The average Bonchev–Trinajstić information content (AvgIpc) is 2.50. The van der Waals surface area contributed by atoms with Gasteiger partial charge < -0.3 is 9.84 Å². The van der Waals surface area contributed by atoms with Gasteiger partial charge in [-0.05, 0) is 49.9 Å². The highest BCUT2D eigenvalue weighted by Gasteiger charge is 2.69. The molecule has 16 heavy (non-hydrogen) atoms. The first kappa shape index (κ1) is 11.0. The Bertz CT molecular complexity index is 312. The second-order valence-electron chi connectivity index (χ2n) is 6.95. The van der Waals surface area contributed by atoms with Crippen LogP contribution in [0.25, 0.3) is 0 Å². The predicted molar refractivity (Wildman–Crippen MR) is 62.9 cm³/mol. The Kier molecular flexibility index (Phi) is 2.09. The van der Waals surface area contributed by atoms with Gasteiger partial charge in [-0.1, -0.05) is 20.8 Å². The fraction of sp³-hybridized carbons (Fsp3) is 1.00. The summed E-state index contributed by atoms with van der Waals surface area (Å²) < 4.78 is 6.06. The molecule has 0 radical (unpaired) electrons. The molecule has 0 amide bonds. The molecule has 0 aromatic carbocycles. The van der Waals surface area contributed by atoms with Crippen molar-refractivity contribution < 1.29 is 9.84 Å². The molecule has 0 aromatic rings. The largest absolute Gasteiger partial charge is 0.368 e. The van der Waals surface area contributed by atoms with E-state index in [4.69, 9.17) is 4.74 Å². The Morgan fingerprint density at radius 3 is 2.38 bits per heavy atom. The Morgan fingerprint density at radius 2 is 1.88 bits per heavy atom. The standard InChI is InChI=1S/C14H24O2/c1-12(2)10-6-8-13(12,3)14(9-10)7-4-5-11(15)16-14/h10-11,15H,4-9H2,1-3H3/t10-,11?,13-,14-/m1/s1. The number of hydrogen-bond acceptors (Lipinski definition) is 2. The van der Waals surface area contributed by atoms with Gasteiger partial charge in [0.25, 0.3) is 0 Å². The monoisotopic (exact) mass is 224 g/mol. The second-order valence-corrected chi connectivity index (χ2v) is 6.95. The van der Waals surface area contributed by atoms with Gasteiger partial charge >= 0.3 is 0 Å².